The molecule has 1 unspecified atom stereocenters. The van der Waals surface area contributed by atoms with Crippen LogP contribution >= 0.6 is 0 Å². The summed E-state index contributed by atoms with van der Waals surface area (Å²) in [5, 5.41) is 0. The molecule has 1 aromatic rings. The number of aromatic nitrogens is 2. The first-order chi connectivity index (χ1) is 12.1. The van der Waals surface area contributed by atoms with Crippen LogP contribution in [0.3, 0.4) is 0 Å². The van der Waals surface area contributed by atoms with Gasteiger partial charge in [0, 0.05) is 44.4 Å². The molecule has 0 N–H and O–H groups in total. The third-order valence-corrected chi connectivity index (χ3v) is 5.36. The molecule has 3 rings (SSSR count). The fourth-order valence-electron chi connectivity index (χ4n) is 3.96. The summed E-state index contributed by atoms with van der Waals surface area (Å²) in [6.45, 7) is 6.78. The SMILES string of the molecule is CC(C)c1nccn1C1CCCN(C(=O)CN2CCCCCC2=O)C1. The molecule has 0 aromatic carbocycles. The molecule has 2 saturated heterocycles. The number of carbonyl (C=O) groups excluding carboxylic acids is 2. The summed E-state index contributed by atoms with van der Waals surface area (Å²) < 4.78 is 2.24. The normalized spacial score (nSPS) is 22.4. The van der Waals surface area contributed by atoms with Crippen LogP contribution in [0.5, 0.6) is 0 Å². The van der Waals surface area contributed by atoms with Crippen LogP contribution in [0.25, 0.3) is 0 Å². The molecule has 1 atom stereocenters. The standard InChI is InChI=1S/C19H30N4O2/c1-15(2)19-20-9-12-23(19)16-7-6-11-21(13-16)18(25)14-22-10-5-3-4-8-17(22)24/h9,12,15-16H,3-8,10-11,13-14H2,1-2H3. The summed E-state index contributed by atoms with van der Waals surface area (Å²) in [5.41, 5.74) is 0. The Morgan fingerprint density at radius 3 is 2.88 bits per heavy atom. The second kappa shape index (κ2) is 8.02. The van der Waals surface area contributed by atoms with Gasteiger partial charge in [0.2, 0.25) is 11.8 Å². The smallest absolute Gasteiger partial charge is 0.242 e. The molecule has 2 fully saturated rings. The zero-order valence-corrected chi connectivity index (χ0v) is 15.5. The zero-order valence-electron chi connectivity index (χ0n) is 15.5. The fourth-order valence-corrected chi connectivity index (χ4v) is 3.96. The van der Waals surface area contributed by atoms with Crippen molar-refractivity contribution >= 4 is 11.8 Å². The highest BCUT2D eigenvalue weighted by molar-refractivity contribution is 5.85. The summed E-state index contributed by atoms with van der Waals surface area (Å²) in [6.07, 6.45) is 9.59. The average molecular weight is 346 g/mol. The molecule has 25 heavy (non-hydrogen) atoms. The lowest BCUT2D eigenvalue weighted by Gasteiger charge is -2.35. The van der Waals surface area contributed by atoms with Crippen LogP contribution in [0.4, 0.5) is 0 Å². The van der Waals surface area contributed by atoms with E-state index in [0.717, 1.165) is 57.6 Å². The number of piperidine rings is 1. The number of imidazole rings is 1. The van der Waals surface area contributed by atoms with Crippen LogP contribution < -0.4 is 0 Å². The summed E-state index contributed by atoms with van der Waals surface area (Å²) >= 11 is 0. The van der Waals surface area contributed by atoms with Crippen molar-refractivity contribution in [3.8, 4) is 0 Å². The van der Waals surface area contributed by atoms with Gasteiger partial charge in [-0.3, -0.25) is 9.59 Å². The van der Waals surface area contributed by atoms with Crippen molar-refractivity contribution in [2.75, 3.05) is 26.2 Å². The largest absolute Gasteiger partial charge is 0.339 e. The van der Waals surface area contributed by atoms with E-state index in [1.807, 2.05) is 17.3 Å². The minimum absolute atomic E-state index is 0.0890. The Hall–Kier alpha value is -1.85. The lowest BCUT2D eigenvalue weighted by Crippen LogP contribution is -2.47. The molecular formula is C19H30N4O2. The van der Waals surface area contributed by atoms with Gasteiger partial charge < -0.3 is 14.4 Å². The Bertz CT molecular complexity index is 610. The van der Waals surface area contributed by atoms with Crippen molar-refractivity contribution in [3.63, 3.8) is 0 Å². The maximum atomic E-state index is 12.8. The zero-order chi connectivity index (χ0) is 17.8. The number of hydrogen-bond donors (Lipinski definition) is 0. The van der Waals surface area contributed by atoms with Gasteiger partial charge >= 0.3 is 0 Å². The van der Waals surface area contributed by atoms with E-state index in [1.54, 1.807) is 4.90 Å². The second-order valence-corrected chi connectivity index (χ2v) is 7.61. The molecule has 138 valence electrons. The van der Waals surface area contributed by atoms with E-state index < -0.39 is 0 Å². The molecule has 0 aliphatic carbocycles. The van der Waals surface area contributed by atoms with Crippen molar-refractivity contribution < 1.29 is 9.59 Å². The maximum Gasteiger partial charge on any atom is 0.242 e. The monoisotopic (exact) mass is 346 g/mol. The summed E-state index contributed by atoms with van der Waals surface area (Å²) in [5.74, 6) is 1.68. The van der Waals surface area contributed by atoms with Crippen LogP contribution in [0.1, 0.15) is 70.2 Å². The average Bonchev–Trinajstić information content (AvgIpc) is 3.02. The Labute approximate surface area is 150 Å². The van der Waals surface area contributed by atoms with Crippen LogP contribution in [-0.4, -0.2) is 57.3 Å². The first-order valence-corrected chi connectivity index (χ1v) is 9.64. The van der Waals surface area contributed by atoms with Crippen molar-refractivity contribution in [1.29, 1.82) is 0 Å². The molecule has 0 saturated carbocycles. The Morgan fingerprint density at radius 2 is 2.08 bits per heavy atom. The van der Waals surface area contributed by atoms with Gasteiger partial charge in [-0.1, -0.05) is 20.3 Å². The van der Waals surface area contributed by atoms with Crippen molar-refractivity contribution in [2.45, 2.75) is 64.3 Å². The number of carbonyl (C=O) groups is 2. The minimum Gasteiger partial charge on any atom is -0.339 e. The topological polar surface area (TPSA) is 58.4 Å². The van der Waals surface area contributed by atoms with Crippen LogP contribution in [0.15, 0.2) is 12.4 Å². The molecule has 3 heterocycles. The third kappa shape index (κ3) is 4.22. The number of amides is 2. The summed E-state index contributed by atoms with van der Waals surface area (Å²) in [7, 11) is 0. The third-order valence-electron chi connectivity index (χ3n) is 5.36. The van der Waals surface area contributed by atoms with Gasteiger partial charge in [-0.2, -0.15) is 0 Å². The Morgan fingerprint density at radius 1 is 1.24 bits per heavy atom. The highest BCUT2D eigenvalue weighted by atomic mass is 16.2. The first-order valence-electron chi connectivity index (χ1n) is 9.64. The van der Waals surface area contributed by atoms with E-state index >= 15 is 0 Å². The van der Waals surface area contributed by atoms with Gasteiger partial charge in [-0.05, 0) is 25.7 Å². The second-order valence-electron chi connectivity index (χ2n) is 7.61. The first kappa shape index (κ1) is 18.0. The highest BCUT2D eigenvalue weighted by Gasteiger charge is 2.28. The molecule has 0 spiro atoms. The van der Waals surface area contributed by atoms with E-state index in [4.69, 9.17) is 0 Å². The number of rotatable bonds is 4. The predicted octanol–water partition coefficient (Wildman–Crippen LogP) is 2.57. The summed E-state index contributed by atoms with van der Waals surface area (Å²) in [4.78, 5) is 33.1. The highest BCUT2D eigenvalue weighted by Crippen LogP contribution is 2.25. The predicted molar refractivity (Wildman–Crippen MR) is 96.2 cm³/mol. The summed E-state index contributed by atoms with van der Waals surface area (Å²) in [6, 6.07) is 0.289. The molecule has 2 aliphatic rings. The van der Waals surface area contributed by atoms with Gasteiger partial charge in [-0.15, -0.1) is 0 Å². The Kier molecular flexibility index (Phi) is 5.76. The van der Waals surface area contributed by atoms with E-state index in [0.29, 0.717) is 12.3 Å². The molecule has 2 amide bonds. The molecule has 0 bridgehead atoms. The van der Waals surface area contributed by atoms with Gasteiger partial charge in [0.15, 0.2) is 0 Å². The lowest BCUT2D eigenvalue weighted by molar-refractivity contribution is -0.141. The maximum absolute atomic E-state index is 12.8. The quantitative estimate of drug-likeness (QED) is 0.842. The fraction of sp³-hybridized carbons (Fsp3) is 0.737. The minimum atomic E-state index is 0.0890. The van der Waals surface area contributed by atoms with Crippen molar-refractivity contribution in [1.82, 2.24) is 19.4 Å². The molecule has 0 radical (unpaired) electrons. The molecular weight excluding hydrogens is 316 g/mol. The van der Waals surface area contributed by atoms with Crippen LogP contribution in [0.2, 0.25) is 0 Å². The lowest BCUT2D eigenvalue weighted by atomic mass is 10.0. The van der Waals surface area contributed by atoms with E-state index in [-0.39, 0.29) is 24.4 Å². The van der Waals surface area contributed by atoms with E-state index in [2.05, 4.69) is 23.4 Å². The van der Waals surface area contributed by atoms with Crippen molar-refractivity contribution in [2.24, 2.45) is 0 Å². The number of likely N-dealkylation sites (tertiary alicyclic amines) is 2. The van der Waals surface area contributed by atoms with E-state index in [9.17, 15) is 9.59 Å². The van der Waals surface area contributed by atoms with E-state index in [1.165, 1.54) is 0 Å². The molecule has 2 aliphatic heterocycles. The molecule has 1 aromatic heterocycles. The molecule has 6 nitrogen and oxygen atoms in total. The van der Waals surface area contributed by atoms with Gasteiger partial charge in [0.1, 0.15) is 5.82 Å². The van der Waals surface area contributed by atoms with Gasteiger partial charge in [-0.25, -0.2) is 4.98 Å². The van der Waals surface area contributed by atoms with Gasteiger partial charge in [0.05, 0.1) is 12.6 Å². The van der Waals surface area contributed by atoms with Crippen LogP contribution in [-0.2, 0) is 9.59 Å². The van der Waals surface area contributed by atoms with Crippen molar-refractivity contribution in [3.05, 3.63) is 18.2 Å². The number of nitrogens with zero attached hydrogens (tertiary/aromatic N) is 4. The van der Waals surface area contributed by atoms with Crippen LogP contribution in [0, 0.1) is 0 Å². The number of hydrogen-bond acceptors (Lipinski definition) is 3. The molecule has 6 heteroatoms. The Balaban J connectivity index is 1.63. The van der Waals surface area contributed by atoms with Gasteiger partial charge in [0.25, 0.3) is 0 Å².